The summed E-state index contributed by atoms with van der Waals surface area (Å²) < 4.78 is 21.2. The molecule has 1 N–H and O–H groups in total. The lowest BCUT2D eigenvalue weighted by Crippen LogP contribution is -2.56. The first-order chi connectivity index (χ1) is 11.2. The van der Waals surface area contributed by atoms with Gasteiger partial charge < -0.3 is 24.1 Å². The van der Waals surface area contributed by atoms with Gasteiger partial charge in [-0.3, -0.25) is 14.4 Å². The summed E-state index contributed by atoms with van der Waals surface area (Å²) in [5.74, 6) is -1.74. The van der Waals surface area contributed by atoms with Crippen LogP contribution in [0.5, 0.6) is 0 Å². The van der Waals surface area contributed by atoms with Gasteiger partial charge in [-0.05, 0) is 13.3 Å². The number of ether oxygens (including phenoxy) is 4. The lowest BCUT2D eigenvalue weighted by Gasteiger charge is -2.39. The quantitative estimate of drug-likeness (QED) is 0.422. The zero-order valence-electron chi connectivity index (χ0n) is 14.3. The molecule has 1 fully saturated rings. The molecule has 0 spiro atoms. The van der Waals surface area contributed by atoms with Gasteiger partial charge in [0.15, 0.2) is 18.3 Å². The van der Waals surface area contributed by atoms with Crippen molar-refractivity contribution in [2.75, 3.05) is 6.61 Å². The summed E-state index contributed by atoms with van der Waals surface area (Å²) in [5.41, 5.74) is 0. The minimum Gasteiger partial charge on any atom is -0.456 e. The molecule has 1 saturated heterocycles. The van der Waals surface area contributed by atoms with Crippen molar-refractivity contribution >= 4 is 17.9 Å². The molecule has 136 valence electrons. The molecule has 0 amide bonds. The lowest BCUT2D eigenvalue weighted by atomic mass is 9.98. The van der Waals surface area contributed by atoms with Crippen molar-refractivity contribution in [3.63, 3.8) is 0 Å². The lowest BCUT2D eigenvalue weighted by molar-refractivity contribution is -0.218. The summed E-state index contributed by atoms with van der Waals surface area (Å²) in [4.78, 5) is 34.0. The summed E-state index contributed by atoms with van der Waals surface area (Å²) in [5, 5.41) is 9.30. The van der Waals surface area contributed by atoms with Gasteiger partial charge in [0.2, 0.25) is 0 Å². The van der Waals surface area contributed by atoms with Crippen molar-refractivity contribution in [2.24, 2.45) is 0 Å². The van der Waals surface area contributed by atoms with E-state index in [4.69, 9.17) is 18.9 Å². The number of carbonyl (C=O) groups is 3. The van der Waals surface area contributed by atoms with Crippen LogP contribution in [0.4, 0.5) is 0 Å². The molecule has 1 aliphatic heterocycles. The Bertz CT molecular complexity index is 484. The molecule has 0 aromatic heterocycles. The summed E-state index contributed by atoms with van der Waals surface area (Å²) in [6.07, 6.45) is -0.349. The average Bonchev–Trinajstić information content (AvgIpc) is 2.42. The number of carbonyl (C=O) groups excluding carboxylic acids is 3. The van der Waals surface area contributed by atoms with Crippen molar-refractivity contribution in [3.05, 3.63) is 12.2 Å². The molecule has 0 aromatic carbocycles. The van der Waals surface area contributed by atoms with E-state index in [0.717, 1.165) is 0 Å². The van der Waals surface area contributed by atoms with E-state index in [1.54, 1.807) is 19.1 Å². The Labute approximate surface area is 140 Å². The normalized spacial score (nSPS) is 28.2. The number of rotatable bonds is 6. The van der Waals surface area contributed by atoms with Crippen molar-refractivity contribution in [2.45, 2.75) is 64.6 Å². The highest BCUT2D eigenvalue weighted by molar-refractivity contribution is 5.68. The zero-order valence-corrected chi connectivity index (χ0v) is 14.3. The van der Waals surface area contributed by atoms with Gasteiger partial charge in [0.05, 0.1) is 12.7 Å². The van der Waals surface area contributed by atoms with Gasteiger partial charge in [-0.15, -0.1) is 0 Å². The second-order valence-corrected chi connectivity index (χ2v) is 5.61. The van der Waals surface area contributed by atoms with E-state index in [9.17, 15) is 19.5 Å². The van der Waals surface area contributed by atoms with Crippen molar-refractivity contribution in [1.82, 2.24) is 0 Å². The van der Waals surface area contributed by atoms with E-state index >= 15 is 0 Å². The highest BCUT2D eigenvalue weighted by Gasteiger charge is 2.45. The molecule has 0 saturated carbocycles. The van der Waals surface area contributed by atoms with Gasteiger partial charge in [-0.2, -0.15) is 0 Å². The monoisotopic (exact) mass is 344 g/mol. The van der Waals surface area contributed by atoms with Crippen LogP contribution in [0.3, 0.4) is 0 Å². The smallest absolute Gasteiger partial charge is 0.303 e. The molecule has 1 aliphatic rings. The Morgan fingerprint density at radius 3 is 2.12 bits per heavy atom. The number of aliphatic hydroxyl groups excluding tert-OH is 1. The largest absolute Gasteiger partial charge is 0.456 e. The third kappa shape index (κ3) is 6.67. The summed E-state index contributed by atoms with van der Waals surface area (Å²) in [6, 6.07) is 0. The van der Waals surface area contributed by atoms with Crippen LogP contribution >= 0.6 is 0 Å². The Morgan fingerprint density at radius 1 is 1.08 bits per heavy atom. The first kappa shape index (κ1) is 20.1. The van der Waals surface area contributed by atoms with Gasteiger partial charge in [0.1, 0.15) is 6.10 Å². The Balaban J connectivity index is 3.01. The van der Waals surface area contributed by atoms with Crippen LogP contribution in [0.15, 0.2) is 12.2 Å². The third-order valence-electron chi connectivity index (χ3n) is 3.19. The molecule has 0 aliphatic carbocycles. The fourth-order valence-electron chi connectivity index (χ4n) is 2.34. The topological polar surface area (TPSA) is 108 Å². The molecule has 8 heteroatoms. The first-order valence-electron chi connectivity index (χ1n) is 7.68. The predicted octanol–water partition coefficient (Wildman–Crippen LogP) is 0.507. The highest BCUT2D eigenvalue weighted by atomic mass is 16.6. The van der Waals surface area contributed by atoms with E-state index in [2.05, 4.69) is 0 Å². The maximum absolute atomic E-state index is 11.4. The second kappa shape index (κ2) is 9.39. The van der Waals surface area contributed by atoms with E-state index < -0.39 is 48.4 Å². The van der Waals surface area contributed by atoms with Crippen molar-refractivity contribution < 1.29 is 38.4 Å². The maximum atomic E-state index is 11.4. The molecular formula is C16H24O8. The summed E-state index contributed by atoms with van der Waals surface area (Å²) in [7, 11) is 0. The molecule has 0 bridgehead atoms. The first-order valence-corrected chi connectivity index (χ1v) is 7.68. The van der Waals surface area contributed by atoms with Crippen LogP contribution in [0, 0.1) is 0 Å². The molecule has 1 unspecified atom stereocenters. The van der Waals surface area contributed by atoms with Gasteiger partial charge in [0.25, 0.3) is 0 Å². The molecule has 1 rings (SSSR count). The second-order valence-electron chi connectivity index (χ2n) is 5.61. The zero-order chi connectivity index (χ0) is 18.3. The standard InChI is InChI=1S/C16H24O8/c1-9(17)6-5-7-13-15(23-11(3)19)16(24-12(4)20)14(8-21-13)22-10(2)18/h5,7,9,13-17H,6,8H2,1-4H3/t9?,13-,14-,15+,16+/m1/s1. The molecule has 0 aromatic rings. The van der Waals surface area contributed by atoms with Crippen LogP contribution in [0.2, 0.25) is 0 Å². The van der Waals surface area contributed by atoms with Crippen LogP contribution in [-0.4, -0.2) is 60.1 Å². The van der Waals surface area contributed by atoms with Crippen LogP contribution in [0.1, 0.15) is 34.1 Å². The number of aliphatic hydroxyl groups is 1. The Morgan fingerprint density at radius 2 is 1.62 bits per heavy atom. The SMILES string of the molecule is CC(=O)O[C@@H]1[C@@H](OC(C)=O)[C@H](OC(C)=O)CO[C@@H]1C=CCC(C)O. The molecule has 0 radical (unpaired) electrons. The minimum absolute atomic E-state index is 0.0149. The Kier molecular flexibility index (Phi) is 7.87. The predicted molar refractivity (Wildman–Crippen MR) is 81.8 cm³/mol. The highest BCUT2D eigenvalue weighted by Crippen LogP contribution is 2.25. The minimum atomic E-state index is -0.981. The summed E-state index contributed by atoms with van der Waals surface area (Å²) in [6.45, 7) is 5.27. The van der Waals surface area contributed by atoms with Crippen molar-refractivity contribution in [1.29, 1.82) is 0 Å². The number of hydrogen-bond donors (Lipinski definition) is 1. The molecule has 1 heterocycles. The molecule has 5 atom stereocenters. The molecule has 24 heavy (non-hydrogen) atoms. The van der Waals surface area contributed by atoms with E-state index in [-0.39, 0.29) is 6.61 Å². The van der Waals surface area contributed by atoms with E-state index in [1.165, 1.54) is 20.8 Å². The molecule has 8 nitrogen and oxygen atoms in total. The van der Waals surface area contributed by atoms with Gasteiger partial charge in [-0.1, -0.05) is 12.2 Å². The number of esters is 3. The molecular weight excluding hydrogens is 320 g/mol. The third-order valence-corrected chi connectivity index (χ3v) is 3.19. The fraction of sp³-hybridized carbons (Fsp3) is 0.688. The Hall–Kier alpha value is -1.93. The van der Waals surface area contributed by atoms with Crippen LogP contribution in [-0.2, 0) is 33.3 Å². The van der Waals surface area contributed by atoms with E-state index in [0.29, 0.717) is 6.42 Å². The van der Waals surface area contributed by atoms with Gasteiger partial charge in [0, 0.05) is 20.8 Å². The van der Waals surface area contributed by atoms with Gasteiger partial charge in [-0.25, -0.2) is 0 Å². The summed E-state index contributed by atoms with van der Waals surface area (Å²) >= 11 is 0. The average molecular weight is 344 g/mol. The van der Waals surface area contributed by atoms with Crippen LogP contribution < -0.4 is 0 Å². The van der Waals surface area contributed by atoms with Crippen molar-refractivity contribution in [3.8, 4) is 0 Å². The number of hydrogen-bond acceptors (Lipinski definition) is 8. The maximum Gasteiger partial charge on any atom is 0.303 e. The van der Waals surface area contributed by atoms with Gasteiger partial charge >= 0.3 is 17.9 Å². The van der Waals surface area contributed by atoms with E-state index in [1.807, 2.05) is 0 Å². The van der Waals surface area contributed by atoms with Crippen LogP contribution in [0.25, 0.3) is 0 Å². The fourth-order valence-corrected chi connectivity index (χ4v) is 2.34.